The topological polar surface area (TPSA) is 89.4 Å². The summed E-state index contributed by atoms with van der Waals surface area (Å²) in [6, 6.07) is 0. The van der Waals surface area contributed by atoms with E-state index in [4.69, 9.17) is 4.55 Å². The molecule has 0 amide bonds. The van der Waals surface area contributed by atoms with Crippen LogP contribution in [0.15, 0.2) is 0 Å². The van der Waals surface area contributed by atoms with Crippen LogP contribution in [-0.4, -0.2) is 84.6 Å². The fourth-order valence-corrected chi connectivity index (χ4v) is 2.56. The summed E-state index contributed by atoms with van der Waals surface area (Å²) in [5, 5.41) is 0. The highest BCUT2D eigenvalue weighted by molar-refractivity contribution is 7.86. The monoisotopic (exact) mass is 645 g/mol. The maximum Gasteiger partial charge on any atom is 0.385 e. The van der Waals surface area contributed by atoms with Crippen LogP contribution in [0.5, 0.6) is 0 Å². The van der Waals surface area contributed by atoms with Gasteiger partial charge in [-0.25, -0.2) is 22.0 Å². The molecule has 0 aromatic rings. The molecule has 0 aromatic carbocycles. The summed E-state index contributed by atoms with van der Waals surface area (Å²) in [4.78, 5) is 0. The van der Waals surface area contributed by atoms with Crippen molar-refractivity contribution in [1.82, 2.24) is 6.15 Å². The van der Waals surface area contributed by atoms with Gasteiger partial charge in [0, 0.05) is 0 Å². The van der Waals surface area contributed by atoms with E-state index in [0.29, 0.717) is 0 Å². The Labute approximate surface area is 194 Å². The minimum absolute atomic E-state index is 0. The Morgan fingerprint density at radius 3 is 0.947 bits per heavy atom. The van der Waals surface area contributed by atoms with Crippen molar-refractivity contribution in [2.45, 2.75) is 71.7 Å². The van der Waals surface area contributed by atoms with E-state index in [2.05, 4.69) is 0 Å². The molecule has 3 unspecified atom stereocenters. The highest BCUT2D eigenvalue weighted by Crippen LogP contribution is 2.64. The van der Waals surface area contributed by atoms with E-state index in [9.17, 15) is 101 Å². The average Bonchev–Trinajstić information content (AvgIpc) is 2.69. The first kappa shape index (κ1) is 38.5. The average molecular weight is 645 g/mol. The Bertz CT molecular complexity index is 934. The summed E-state index contributed by atoms with van der Waals surface area (Å²) in [6.45, 7) is 0. The van der Waals surface area contributed by atoms with Crippen LogP contribution in [0, 0.1) is 0 Å². The van der Waals surface area contributed by atoms with Gasteiger partial charge in [-0.15, -0.1) is 0 Å². The van der Waals surface area contributed by atoms with Gasteiger partial charge in [0.2, 0.25) is 6.17 Å². The lowest BCUT2D eigenvalue weighted by molar-refractivity contribution is -0.457. The summed E-state index contributed by atoms with van der Waals surface area (Å²) in [5.74, 6) is -69.9. The fraction of sp³-hybridized carbons (Fsp3) is 1.00. The van der Waals surface area contributed by atoms with Gasteiger partial charge < -0.3 is 6.15 Å². The summed E-state index contributed by atoms with van der Waals surface area (Å²) in [7, 11) is -7.35. The number of hydrogen-bond acceptors (Lipinski definition) is 3. The molecule has 0 bridgehead atoms. The van der Waals surface area contributed by atoms with Crippen molar-refractivity contribution in [3.05, 3.63) is 0 Å². The van der Waals surface area contributed by atoms with Crippen LogP contribution in [0.25, 0.3) is 0 Å². The minimum atomic E-state index is -9.20. The van der Waals surface area contributed by atoms with Gasteiger partial charge in [-0.05, 0) is 0 Å². The van der Waals surface area contributed by atoms with Crippen LogP contribution in [0.1, 0.15) is 0 Å². The molecular formula is C12H8F21NO3S. The fourth-order valence-electron chi connectivity index (χ4n) is 2.04. The number of hydrogen-bond donors (Lipinski definition) is 2. The molecule has 3 atom stereocenters. The van der Waals surface area contributed by atoms with Crippen LogP contribution in [-0.2, 0) is 10.1 Å². The molecule has 4 N–H and O–H groups in total. The van der Waals surface area contributed by atoms with Gasteiger partial charge in [-0.2, -0.15) is 78.7 Å². The lowest BCUT2D eigenvalue weighted by Crippen LogP contribution is -2.76. The van der Waals surface area contributed by atoms with Crippen molar-refractivity contribution in [2.24, 2.45) is 0 Å². The second-order valence-electron chi connectivity index (χ2n) is 6.70. The molecule has 0 saturated heterocycles. The van der Waals surface area contributed by atoms with Crippen LogP contribution < -0.4 is 6.15 Å². The van der Waals surface area contributed by atoms with Gasteiger partial charge in [0.15, 0.2) is 6.17 Å². The van der Waals surface area contributed by atoms with E-state index in [-0.39, 0.29) is 6.15 Å². The van der Waals surface area contributed by atoms with Crippen molar-refractivity contribution in [2.75, 3.05) is 0 Å². The van der Waals surface area contributed by atoms with E-state index >= 15 is 0 Å². The van der Waals surface area contributed by atoms with E-state index in [1.54, 1.807) is 0 Å². The molecule has 0 aliphatic rings. The van der Waals surface area contributed by atoms with Gasteiger partial charge in [-0.3, -0.25) is 4.55 Å². The zero-order valence-corrected chi connectivity index (χ0v) is 17.4. The van der Waals surface area contributed by atoms with E-state index in [1.807, 2.05) is 0 Å². The molecule has 0 fully saturated rings. The minimum Gasteiger partial charge on any atom is -0.344 e. The molecule has 0 saturated carbocycles. The second kappa shape index (κ2) is 10.1. The van der Waals surface area contributed by atoms with Gasteiger partial charge in [0.25, 0.3) is 11.9 Å². The largest absolute Gasteiger partial charge is 0.385 e. The molecule has 38 heavy (non-hydrogen) atoms. The van der Waals surface area contributed by atoms with Crippen LogP contribution >= 0.6 is 0 Å². The Morgan fingerprint density at radius 1 is 0.474 bits per heavy atom. The summed E-state index contributed by atoms with van der Waals surface area (Å²) < 4.78 is 304. The number of halogens is 21. The van der Waals surface area contributed by atoms with Gasteiger partial charge in [0.05, 0.1) is 0 Å². The Hall–Kier alpha value is -1.60. The summed E-state index contributed by atoms with van der Waals surface area (Å²) in [6.07, 6.45) is -16.5. The van der Waals surface area contributed by atoms with Crippen molar-refractivity contribution < 1.29 is 105 Å². The highest BCUT2D eigenvalue weighted by atomic mass is 32.2. The van der Waals surface area contributed by atoms with Crippen molar-refractivity contribution in [3.63, 3.8) is 0 Å². The Morgan fingerprint density at radius 2 is 0.711 bits per heavy atom. The zero-order valence-electron chi connectivity index (χ0n) is 16.6. The third kappa shape index (κ3) is 5.02. The molecule has 232 valence electrons. The zero-order chi connectivity index (χ0) is 30.8. The molecule has 0 radical (unpaired) electrons. The normalized spacial score (nSPS) is 18.2. The predicted octanol–water partition coefficient (Wildman–Crippen LogP) is 6.36. The van der Waals surface area contributed by atoms with Gasteiger partial charge in [0.1, 0.15) is 0 Å². The molecule has 0 rings (SSSR count). The molecule has 0 aliphatic carbocycles. The van der Waals surface area contributed by atoms with Crippen molar-refractivity contribution in [1.29, 1.82) is 0 Å². The maximum atomic E-state index is 13.5. The number of alkyl halides is 21. The molecule has 26 heteroatoms. The smallest absolute Gasteiger partial charge is 0.344 e. The lowest BCUT2D eigenvalue weighted by atomic mass is 9.86. The molecule has 4 nitrogen and oxygen atoms in total. The molecule has 0 aromatic heterocycles. The van der Waals surface area contributed by atoms with Crippen LogP contribution in [0.2, 0.25) is 0 Å². The standard InChI is InChI=1S/C12H5F21O3S.H3N/c13-1(3(15)16)2(14)5(18,19)7(22,23)9(26,27)11(30,31)12(32,33)10(28,29)8(24,25)6(20,21)4(17)37(34,35)36;/h1-4H,(H,34,35,36);1H3. The van der Waals surface area contributed by atoms with Crippen molar-refractivity contribution in [3.8, 4) is 0 Å². The Kier molecular flexibility index (Phi) is 10.2. The van der Waals surface area contributed by atoms with Crippen LogP contribution in [0.3, 0.4) is 0 Å². The molecule has 0 spiro atoms. The molecule has 0 heterocycles. The summed E-state index contributed by atoms with van der Waals surface area (Å²) >= 11 is 0. The van der Waals surface area contributed by atoms with Gasteiger partial charge >= 0.3 is 57.5 Å². The lowest BCUT2D eigenvalue weighted by Gasteiger charge is -2.44. The quantitative estimate of drug-likeness (QED) is 0.191. The molecule has 0 aliphatic heterocycles. The van der Waals surface area contributed by atoms with Gasteiger partial charge in [-0.1, -0.05) is 0 Å². The SMILES string of the molecule is N.O=S(=O)(O)C(F)C(F)(F)C(F)(F)C(F)(F)C(F)(F)C(F)(F)C(F)(F)C(F)(F)C(F)(F)C(F)C(F)C(F)F. The second-order valence-corrected chi connectivity index (χ2v) is 8.15. The Balaban J connectivity index is 0. The third-order valence-corrected chi connectivity index (χ3v) is 5.04. The van der Waals surface area contributed by atoms with Crippen molar-refractivity contribution >= 4 is 10.1 Å². The number of rotatable bonds is 12. The molecular weight excluding hydrogens is 637 g/mol. The van der Waals surface area contributed by atoms with Crippen LogP contribution in [0.4, 0.5) is 92.2 Å². The summed E-state index contributed by atoms with van der Waals surface area (Å²) in [5.41, 5.74) is -6.14. The third-order valence-electron chi connectivity index (χ3n) is 4.22. The highest BCUT2D eigenvalue weighted by Gasteiger charge is 2.96. The first-order chi connectivity index (χ1) is 15.7. The maximum absolute atomic E-state index is 13.5. The first-order valence-electron chi connectivity index (χ1n) is 7.86. The van der Waals surface area contributed by atoms with E-state index in [1.165, 1.54) is 0 Å². The predicted molar refractivity (Wildman–Crippen MR) is 76.8 cm³/mol. The van der Waals surface area contributed by atoms with E-state index in [0.717, 1.165) is 0 Å². The van der Waals surface area contributed by atoms with E-state index < -0.39 is 81.8 Å². The first-order valence-corrected chi connectivity index (χ1v) is 9.36.